The second-order valence-corrected chi connectivity index (χ2v) is 9.42. The van der Waals surface area contributed by atoms with Gasteiger partial charge in [-0.05, 0) is 50.3 Å². The molecule has 1 fully saturated rings. The van der Waals surface area contributed by atoms with Crippen molar-refractivity contribution in [1.82, 2.24) is 10.2 Å². The standard InChI is InChI=1S/C26H34N2O4/c1-25(2,3)32-24(30)28-16-14-26(15-17-28,18-23(29)31-4)27-19-20-10-12-22(13-11-20)21-8-6-5-7-9-21/h5-13,27H,14-19H2,1-4H3. The van der Waals surface area contributed by atoms with Gasteiger partial charge in [0.1, 0.15) is 5.60 Å². The van der Waals surface area contributed by atoms with Gasteiger partial charge in [-0.1, -0.05) is 54.6 Å². The summed E-state index contributed by atoms with van der Waals surface area (Å²) in [7, 11) is 1.41. The fraction of sp³-hybridized carbons (Fsp3) is 0.462. The number of methoxy groups -OCH3 is 1. The second-order valence-electron chi connectivity index (χ2n) is 9.42. The van der Waals surface area contributed by atoms with Crippen molar-refractivity contribution in [2.24, 2.45) is 0 Å². The Hall–Kier alpha value is -2.86. The second kappa shape index (κ2) is 10.2. The highest BCUT2D eigenvalue weighted by molar-refractivity contribution is 5.71. The monoisotopic (exact) mass is 438 g/mol. The fourth-order valence-corrected chi connectivity index (χ4v) is 3.94. The summed E-state index contributed by atoms with van der Waals surface area (Å²) in [6.07, 6.45) is 1.28. The van der Waals surface area contributed by atoms with Crippen molar-refractivity contribution in [2.75, 3.05) is 20.2 Å². The van der Waals surface area contributed by atoms with Gasteiger partial charge in [0.25, 0.3) is 0 Å². The lowest BCUT2D eigenvalue weighted by Crippen LogP contribution is -2.55. The van der Waals surface area contributed by atoms with E-state index < -0.39 is 11.1 Å². The molecule has 2 aromatic carbocycles. The van der Waals surface area contributed by atoms with Crippen LogP contribution >= 0.6 is 0 Å². The Balaban J connectivity index is 1.64. The van der Waals surface area contributed by atoms with Crippen LogP contribution in [0.5, 0.6) is 0 Å². The maximum atomic E-state index is 12.4. The lowest BCUT2D eigenvalue weighted by molar-refractivity contribution is -0.143. The molecule has 6 nitrogen and oxygen atoms in total. The zero-order chi connectivity index (χ0) is 23.2. The van der Waals surface area contributed by atoms with Crippen LogP contribution in [0.3, 0.4) is 0 Å². The summed E-state index contributed by atoms with van der Waals surface area (Å²) in [5, 5.41) is 3.60. The van der Waals surface area contributed by atoms with Crippen LogP contribution in [0.2, 0.25) is 0 Å². The van der Waals surface area contributed by atoms with Gasteiger partial charge >= 0.3 is 12.1 Å². The normalized spacial score (nSPS) is 15.8. The molecule has 1 heterocycles. The number of likely N-dealkylation sites (tertiary alicyclic amines) is 1. The SMILES string of the molecule is COC(=O)CC1(NCc2ccc(-c3ccccc3)cc2)CCN(C(=O)OC(C)(C)C)CC1. The smallest absolute Gasteiger partial charge is 0.410 e. The molecule has 32 heavy (non-hydrogen) atoms. The average Bonchev–Trinajstić information content (AvgIpc) is 2.78. The van der Waals surface area contributed by atoms with E-state index in [1.165, 1.54) is 18.2 Å². The number of piperidine rings is 1. The molecule has 172 valence electrons. The Labute approximate surface area is 190 Å². The van der Waals surface area contributed by atoms with Gasteiger partial charge < -0.3 is 19.7 Å². The van der Waals surface area contributed by atoms with E-state index in [2.05, 4.69) is 41.7 Å². The summed E-state index contributed by atoms with van der Waals surface area (Å²) in [5.41, 5.74) is 2.56. The van der Waals surface area contributed by atoms with Gasteiger partial charge in [-0.3, -0.25) is 4.79 Å². The quantitative estimate of drug-likeness (QED) is 0.658. The van der Waals surface area contributed by atoms with Crippen LogP contribution in [-0.2, 0) is 20.8 Å². The number of carbonyl (C=O) groups is 2. The molecule has 0 atom stereocenters. The summed E-state index contributed by atoms with van der Waals surface area (Å²) in [6.45, 7) is 7.29. The molecule has 1 aliphatic heterocycles. The number of benzene rings is 2. The highest BCUT2D eigenvalue weighted by atomic mass is 16.6. The molecule has 1 amide bonds. The van der Waals surface area contributed by atoms with Crippen LogP contribution in [0.4, 0.5) is 4.79 Å². The Morgan fingerprint density at radius 3 is 2.12 bits per heavy atom. The molecule has 0 bridgehead atoms. The highest BCUT2D eigenvalue weighted by Gasteiger charge is 2.38. The number of nitrogens with zero attached hydrogens (tertiary/aromatic N) is 1. The zero-order valence-corrected chi connectivity index (χ0v) is 19.5. The van der Waals surface area contributed by atoms with E-state index in [4.69, 9.17) is 9.47 Å². The average molecular weight is 439 g/mol. The molecule has 0 radical (unpaired) electrons. The number of rotatable bonds is 6. The topological polar surface area (TPSA) is 67.9 Å². The molecule has 1 saturated heterocycles. The molecular formula is C26H34N2O4. The van der Waals surface area contributed by atoms with Crippen LogP contribution in [0.25, 0.3) is 11.1 Å². The molecule has 3 rings (SSSR count). The van der Waals surface area contributed by atoms with Crippen molar-refractivity contribution >= 4 is 12.1 Å². The molecule has 0 saturated carbocycles. The van der Waals surface area contributed by atoms with Crippen molar-refractivity contribution in [1.29, 1.82) is 0 Å². The van der Waals surface area contributed by atoms with Gasteiger partial charge in [0.15, 0.2) is 0 Å². The summed E-state index contributed by atoms with van der Waals surface area (Å²) >= 11 is 0. The third-order valence-corrected chi connectivity index (χ3v) is 5.81. The van der Waals surface area contributed by atoms with Crippen LogP contribution in [0.1, 0.15) is 45.6 Å². The van der Waals surface area contributed by atoms with E-state index in [0.717, 1.165) is 5.56 Å². The lowest BCUT2D eigenvalue weighted by atomic mass is 9.84. The van der Waals surface area contributed by atoms with E-state index in [-0.39, 0.29) is 18.5 Å². The molecule has 1 N–H and O–H groups in total. The summed E-state index contributed by atoms with van der Waals surface area (Å²) < 4.78 is 10.5. The van der Waals surface area contributed by atoms with E-state index >= 15 is 0 Å². The first-order valence-corrected chi connectivity index (χ1v) is 11.1. The van der Waals surface area contributed by atoms with Gasteiger partial charge in [0.05, 0.1) is 13.5 Å². The van der Waals surface area contributed by atoms with E-state index in [9.17, 15) is 9.59 Å². The van der Waals surface area contributed by atoms with Crippen molar-refractivity contribution < 1.29 is 19.1 Å². The largest absolute Gasteiger partial charge is 0.469 e. The number of ether oxygens (including phenoxy) is 2. The number of esters is 1. The number of carbonyl (C=O) groups excluding carboxylic acids is 2. The molecule has 0 aromatic heterocycles. The molecule has 0 unspecified atom stereocenters. The minimum absolute atomic E-state index is 0.248. The highest BCUT2D eigenvalue weighted by Crippen LogP contribution is 2.28. The predicted molar refractivity (Wildman–Crippen MR) is 125 cm³/mol. The Bertz CT molecular complexity index is 896. The molecule has 6 heteroatoms. The molecular weight excluding hydrogens is 404 g/mol. The maximum Gasteiger partial charge on any atom is 0.410 e. The summed E-state index contributed by atoms with van der Waals surface area (Å²) in [4.78, 5) is 26.3. The first-order valence-electron chi connectivity index (χ1n) is 11.1. The number of amides is 1. The van der Waals surface area contributed by atoms with Crippen LogP contribution in [0.15, 0.2) is 54.6 Å². The van der Waals surface area contributed by atoms with Crippen LogP contribution < -0.4 is 5.32 Å². The van der Waals surface area contributed by atoms with Crippen molar-refractivity contribution in [3.8, 4) is 11.1 Å². The van der Waals surface area contributed by atoms with Crippen molar-refractivity contribution in [3.05, 3.63) is 60.2 Å². The first-order chi connectivity index (χ1) is 15.2. The molecule has 0 spiro atoms. The van der Waals surface area contributed by atoms with Crippen LogP contribution in [0, 0.1) is 0 Å². The Morgan fingerprint density at radius 2 is 1.56 bits per heavy atom. The van der Waals surface area contributed by atoms with Gasteiger partial charge in [-0.2, -0.15) is 0 Å². The number of hydrogen-bond donors (Lipinski definition) is 1. The lowest BCUT2D eigenvalue weighted by Gasteiger charge is -2.42. The zero-order valence-electron chi connectivity index (χ0n) is 19.5. The molecule has 1 aliphatic rings. The van der Waals surface area contributed by atoms with Gasteiger partial charge in [0.2, 0.25) is 0 Å². The third-order valence-electron chi connectivity index (χ3n) is 5.81. The predicted octanol–water partition coefficient (Wildman–Crippen LogP) is 4.78. The maximum absolute atomic E-state index is 12.4. The molecule has 0 aliphatic carbocycles. The fourth-order valence-electron chi connectivity index (χ4n) is 3.94. The minimum atomic E-state index is -0.526. The van der Waals surface area contributed by atoms with Gasteiger partial charge in [-0.15, -0.1) is 0 Å². The van der Waals surface area contributed by atoms with Gasteiger partial charge in [-0.25, -0.2) is 4.79 Å². The van der Waals surface area contributed by atoms with E-state index in [0.29, 0.717) is 32.5 Å². The third kappa shape index (κ3) is 6.57. The first kappa shape index (κ1) is 23.8. The summed E-state index contributed by atoms with van der Waals surface area (Å²) in [5.74, 6) is -0.248. The number of nitrogens with one attached hydrogen (secondary N) is 1. The Kier molecular flexibility index (Phi) is 7.56. The van der Waals surface area contributed by atoms with E-state index in [1.54, 1.807) is 4.90 Å². The van der Waals surface area contributed by atoms with Gasteiger partial charge in [0, 0.05) is 25.2 Å². The van der Waals surface area contributed by atoms with E-state index in [1.807, 2.05) is 39.0 Å². The van der Waals surface area contributed by atoms with Crippen molar-refractivity contribution in [2.45, 2.75) is 57.7 Å². The summed E-state index contributed by atoms with van der Waals surface area (Å²) in [6, 6.07) is 18.7. The molecule has 2 aromatic rings. The number of hydrogen-bond acceptors (Lipinski definition) is 5. The van der Waals surface area contributed by atoms with Crippen molar-refractivity contribution in [3.63, 3.8) is 0 Å². The Morgan fingerprint density at radius 1 is 0.969 bits per heavy atom. The van der Waals surface area contributed by atoms with Crippen LogP contribution in [-0.4, -0.2) is 48.3 Å². The minimum Gasteiger partial charge on any atom is -0.469 e.